The van der Waals surface area contributed by atoms with Gasteiger partial charge in [-0.05, 0) is 18.1 Å². The molecule has 0 aliphatic carbocycles. The first-order chi connectivity index (χ1) is 7.79. The van der Waals surface area contributed by atoms with Crippen LogP contribution in [0.5, 0.6) is 0 Å². The molecule has 3 heteroatoms. The molecule has 0 saturated carbocycles. The average molecular weight is 222 g/mol. The Morgan fingerprint density at radius 3 is 2.50 bits per heavy atom. The molecule has 1 aliphatic heterocycles. The van der Waals surface area contributed by atoms with Gasteiger partial charge < -0.3 is 4.90 Å². The molecule has 16 heavy (non-hydrogen) atoms. The second kappa shape index (κ2) is 7.85. The Kier molecular flexibility index (Phi) is 7.18. The lowest BCUT2D eigenvalue weighted by Gasteiger charge is -2.23. The molecule has 1 aromatic heterocycles. The van der Waals surface area contributed by atoms with E-state index >= 15 is 0 Å². The minimum atomic E-state index is 0.0388. The second-order valence-electron chi connectivity index (χ2n) is 2.99. The van der Waals surface area contributed by atoms with Gasteiger partial charge in [0.25, 0.3) is 5.91 Å². The zero-order chi connectivity index (χ0) is 12.6. The summed E-state index contributed by atoms with van der Waals surface area (Å²) < 4.78 is 0. The minimum absolute atomic E-state index is 0.0388. The van der Waals surface area contributed by atoms with Crippen molar-refractivity contribution in [2.45, 2.75) is 34.1 Å². The molecular formula is C13H22N2O. The predicted octanol–water partition coefficient (Wildman–Crippen LogP) is 2.76. The number of fused-ring (bicyclic) bond motifs is 1. The van der Waals surface area contributed by atoms with Crippen molar-refractivity contribution in [2.24, 2.45) is 0 Å². The van der Waals surface area contributed by atoms with Gasteiger partial charge >= 0.3 is 0 Å². The highest BCUT2D eigenvalue weighted by molar-refractivity contribution is 5.94. The number of amides is 1. The van der Waals surface area contributed by atoms with E-state index in [-0.39, 0.29) is 5.91 Å². The monoisotopic (exact) mass is 222 g/mol. The van der Waals surface area contributed by atoms with Gasteiger partial charge in [0.2, 0.25) is 0 Å². The SMILES string of the molecule is CC.CC.CN1CCc2cccnc2C1=O. The number of pyridine rings is 1. The van der Waals surface area contributed by atoms with Crippen LogP contribution in [0.4, 0.5) is 0 Å². The quantitative estimate of drug-likeness (QED) is 0.676. The fraction of sp³-hybridized carbons (Fsp3) is 0.538. The molecule has 0 aromatic carbocycles. The Labute approximate surface area is 98.5 Å². The first-order valence-corrected chi connectivity index (χ1v) is 5.98. The summed E-state index contributed by atoms with van der Waals surface area (Å²) in [7, 11) is 1.81. The van der Waals surface area contributed by atoms with Crippen molar-refractivity contribution in [1.82, 2.24) is 9.88 Å². The molecule has 2 rings (SSSR count). The van der Waals surface area contributed by atoms with Crippen molar-refractivity contribution < 1.29 is 4.79 Å². The molecule has 0 radical (unpaired) electrons. The van der Waals surface area contributed by atoms with Crippen molar-refractivity contribution in [3.63, 3.8) is 0 Å². The highest BCUT2D eigenvalue weighted by Crippen LogP contribution is 2.14. The molecule has 1 amide bonds. The molecule has 1 aliphatic rings. The highest BCUT2D eigenvalue weighted by atomic mass is 16.2. The van der Waals surface area contributed by atoms with Crippen molar-refractivity contribution >= 4 is 5.91 Å². The van der Waals surface area contributed by atoms with Gasteiger partial charge in [0.15, 0.2) is 0 Å². The number of rotatable bonds is 0. The number of hydrogen-bond donors (Lipinski definition) is 0. The highest BCUT2D eigenvalue weighted by Gasteiger charge is 2.21. The van der Waals surface area contributed by atoms with Crippen LogP contribution in [0.25, 0.3) is 0 Å². The predicted molar refractivity (Wildman–Crippen MR) is 67.6 cm³/mol. The first-order valence-electron chi connectivity index (χ1n) is 5.98. The van der Waals surface area contributed by atoms with E-state index in [1.807, 2.05) is 39.8 Å². The van der Waals surface area contributed by atoms with Crippen LogP contribution in [0.1, 0.15) is 43.7 Å². The number of likely N-dealkylation sites (N-methyl/N-ethyl adjacent to an activating group) is 1. The normalized spacial score (nSPS) is 12.8. The van der Waals surface area contributed by atoms with E-state index in [2.05, 4.69) is 4.98 Å². The molecule has 0 unspecified atom stereocenters. The Bertz CT molecular complexity index is 323. The standard InChI is InChI=1S/C9H10N2O.2C2H6/c1-11-6-4-7-3-2-5-10-8(7)9(11)12;2*1-2/h2-3,5H,4,6H2,1H3;2*1-2H3. The Morgan fingerprint density at radius 1 is 1.25 bits per heavy atom. The molecule has 3 nitrogen and oxygen atoms in total. The summed E-state index contributed by atoms with van der Waals surface area (Å²) in [6.07, 6.45) is 2.58. The summed E-state index contributed by atoms with van der Waals surface area (Å²) >= 11 is 0. The van der Waals surface area contributed by atoms with Crippen LogP contribution >= 0.6 is 0 Å². The summed E-state index contributed by atoms with van der Waals surface area (Å²) in [6.45, 7) is 8.80. The van der Waals surface area contributed by atoms with Gasteiger partial charge in [-0.3, -0.25) is 9.78 Å². The summed E-state index contributed by atoms with van der Waals surface area (Å²) in [5.74, 6) is 0.0388. The molecule has 0 saturated heterocycles. The van der Waals surface area contributed by atoms with Crippen LogP contribution in [0, 0.1) is 0 Å². The van der Waals surface area contributed by atoms with E-state index in [1.54, 1.807) is 18.1 Å². The summed E-state index contributed by atoms with van der Waals surface area (Å²) in [5.41, 5.74) is 1.69. The van der Waals surface area contributed by atoms with E-state index in [4.69, 9.17) is 0 Å². The van der Waals surface area contributed by atoms with Gasteiger partial charge in [-0.25, -0.2) is 0 Å². The van der Waals surface area contributed by atoms with Crippen LogP contribution in [0.15, 0.2) is 18.3 Å². The van der Waals surface area contributed by atoms with Crippen LogP contribution in [0.2, 0.25) is 0 Å². The minimum Gasteiger partial charge on any atom is -0.340 e. The molecule has 0 N–H and O–H groups in total. The lowest BCUT2D eigenvalue weighted by Crippen LogP contribution is -2.34. The Hall–Kier alpha value is -1.38. The summed E-state index contributed by atoms with van der Waals surface area (Å²) in [5, 5.41) is 0. The molecule has 0 fully saturated rings. The van der Waals surface area contributed by atoms with Crippen molar-refractivity contribution in [3.05, 3.63) is 29.6 Å². The van der Waals surface area contributed by atoms with Crippen molar-refractivity contribution in [3.8, 4) is 0 Å². The molecule has 90 valence electrons. The lowest BCUT2D eigenvalue weighted by molar-refractivity contribution is 0.0774. The number of hydrogen-bond acceptors (Lipinski definition) is 2. The third-order valence-electron chi connectivity index (χ3n) is 2.16. The fourth-order valence-corrected chi connectivity index (χ4v) is 1.40. The van der Waals surface area contributed by atoms with E-state index in [0.717, 1.165) is 18.5 Å². The fourth-order valence-electron chi connectivity index (χ4n) is 1.40. The largest absolute Gasteiger partial charge is 0.340 e. The third kappa shape index (κ3) is 3.33. The van der Waals surface area contributed by atoms with E-state index in [1.165, 1.54) is 0 Å². The molecular weight excluding hydrogens is 200 g/mol. The number of aromatic nitrogens is 1. The third-order valence-corrected chi connectivity index (χ3v) is 2.16. The van der Waals surface area contributed by atoms with E-state index in [0.29, 0.717) is 5.69 Å². The average Bonchev–Trinajstić information content (AvgIpc) is 2.39. The van der Waals surface area contributed by atoms with Crippen LogP contribution in [-0.2, 0) is 6.42 Å². The maximum absolute atomic E-state index is 11.5. The van der Waals surface area contributed by atoms with E-state index in [9.17, 15) is 4.79 Å². The molecule has 1 aromatic rings. The van der Waals surface area contributed by atoms with Gasteiger partial charge in [-0.1, -0.05) is 33.8 Å². The summed E-state index contributed by atoms with van der Waals surface area (Å²) in [4.78, 5) is 17.2. The van der Waals surface area contributed by atoms with Gasteiger partial charge in [0, 0.05) is 19.8 Å². The second-order valence-corrected chi connectivity index (χ2v) is 2.99. The Morgan fingerprint density at radius 2 is 1.88 bits per heavy atom. The molecule has 0 spiro atoms. The van der Waals surface area contributed by atoms with Gasteiger partial charge in [0.1, 0.15) is 5.69 Å². The lowest BCUT2D eigenvalue weighted by atomic mass is 10.1. The zero-order valence-corrected chi connectivity index (χ0v) is 10.9. The maximum Gasteiger partial charge on any atom is 0.272 e. The zero-order valence-electron chi connectivity index (χ0n) is 10.9. The van der Waals surface area contributed by atoms with Crippen molar-refractivity contribution in [2.75, 3.05) is 13.6 Å². The van der Waals surface area contributed by atoms with Gasteiger partial charge in [-0.2, -0.15) is 0 Å². The van der Waals surface area contributed by atoms with Crippen molar-refractivity contribution in [1.29, 1.82) is 0 Å². The van der Waals surface area contributed by atoms with Crippen LogP contribution in [-0.4, -0.2) is 29.4 Å². The number of nitrogens with zero attached hydrogens (tertiary/aromatic N) is 2. The van der Waals surface area contributed by atoms with Crippen LogP contribution in [0.3, 0.4) is 0 Å². The van der Waals surface area contributed by atoms with Gasteiger partial charge in [-0.15, -0.1) is 0 Å². The van der Waals surface area contributed by atoms with Gasteiger partial charge in [0.05, 0.1) is 0 Å². The first kappa shape index (κ1) is 14.6. The molecule has 0 atom stereocenters. The Balaban J connectivity index is 0.000000509. The van der Waals surface area contributed by atoms with E-state index < -0.39 is 0 Å². The molecule has 0 bridgehead atoms. The molecule has 2 heterocycles. The smallest absolute Gasteiger partial charge is 0.272 e. The van der Waals surface area contributed by atoms with Crippen LogP contribution < -0.4 is 0 Å². The number of carbonyl (C=O) groups is 1. The number of carbonyl (C=O) groups excluding carboxylic acids is 1. The summed E-state index contributed by atoms with van der Waals surface area (Å²) in [6, 6.07) is 3.84. The topological polar surface area (TPSA) is 33.2 Å². The maximum atomic E-state index is 11.5.